The number of methoxy groups -OCH3 is 1. The van der Waals surface area contributed by atoms with Crippen molar-refractivity contribution in [1.29, 1.82) is 0 Å². The Hall–Kier alpha value is -2.28. The maximum Gasteiger partial charge on any atom is 0.434 e. The van der Waals surface area contributed by atoms with Gasteiger partial charge in [-0.2, -0.15) is 4.99 Å². The van der Waals surface area contributed by atoms with Crippen molar-refractivity contribution in [3.63, 3.8) is 0 Å². The summed E-state index contributed by atoms with van der Waals surface area (Å²) >= 11 is 1.44. The topological polar surface area (TPSA) is 77.9 Å². The van der Waals surface area contributed by atoms with Crippen molar-refractivity contribution in [2.24, 2.45) is 4.99 Å². The molecule has 0 saturated carbocycles. The van der Waals surface area contributed by atoms with Crippen LogP contribution in [-0.2, 0) is 20.7 Å². The molecule has 7 heteroatoms. The third-order valence-electron chi connectivity index (χ3n) is 2.70. The summed E-state index contributed by atoms with van der Waals surface area (Å²) in [6, 6.07) is 7.64. The van der Waals surface area contributed by atoms with Crippen molar-refractivity contribution < 1.29 is 19.1 Å². The molecule has 23 heavy (non-hydrogen) atoms. The number of hydrogen-bond acceptors (Lipinski definition) is 6. The van der Waals surface area contributed by atoms with E-state index in [1.807, 2.05) is 24.3 Å². The number of aliphatic imine (C=N–C) groups is 1. The van der Waals surface area contributed by atoms with Gasteiger partial charge in [-0.1, -0.05) is 12.1 Å². The number of hydrogen-bond donors (Lipinski definition) is 0. The van der Waals surface area contributed by atoms with Crippen LogP contribution in [0.15, 0.2) is 29.3 Å². The fraction of sp³-hybridized carbons (Fsp3) is 0.375. The van der Waals surface area contributed by atoms with E-state index in [1.165, 1.54) is 18.4 Å². The quantitative estimate of drug-likeness (QED) is 0.635. The lowest BCUT2D eigenvalue weighted by Gasteiger charge is -2.17. The van der Waals surface area contributed by atoms with Gasteiger partial charge >= 0.3 is 12.1 Å². The average molecular weight is 334 g/mol. The summed E-state index contributed by atoms with van der Waals surface area (Å²) in [5.41, 5.74) is 0.132. The molecular weight excluding hydrogens is 316 g/mol. The number of para-hydroxylation sites is 1. The van der Waals surface area contributed by atoms with E-state index in [4.69, 9.17) is 4.74 Å². The molecule has 1 aromatic carbocycles. The number of ether oxygens (including phenoxy) is 2. The highest BCUT2D eigenvalue weighted by atomic mass is 32.1. The van der Waals surface area contributed by atoms with Gasteiger partial charge in [0.15, 0.2) is 0 Å². The van der Waals surface area contributed by atoms with Gasteiger partial charge in [0.25, 0.3) is 0 Å². The lowest BCUT2D eigenvalue weighted by molar-refractivity contribution is -0.132. The molecule has 1 aromatic heterocycles. The molecule has 0 aliphatic heterocycles. The molecule has 0 spiro atoms. The second-order valence-electron chi connectivity index (χ2n) is 5.78. The second kappa shape index (κ2) is 6.87. The first kappa shape index (κ1) is 17.1. The molecule has 1 heterocycles. The predicted molar refractivity (Wildman–Crippen MR) is 89.0 cm³/mol. The van der Waals surface area contributed by atoms with Crippen LogP contribution in [-0.4, -0.2) is 35.5 Å². The summed E-state index contributed by atoms with van der Waals surface area (Å²) in [5.74, 6) is -0.671. The fourth-order valence-corrected chi connectivity index (χ4v) is 2.78. The number of nitrogens with zero attached hydrogens (tertiary/aromatic N) is 2. The maximum absolute atomic E-state index is 11.8. The lowest BCUT2D eigenvalue weighted by Crippen LogP contribution is -2.25. The first-order valence-electron chi connectivity index (χ1n) is 7.02. The largest absolute Gasteiger partial charge is 0.465 e. The number of benzene rings is 1. The van der Waals surface area contributed by atoms with Gasteiger partial charge < -0.3 is 9.47 Å². The minimum atomic E-state index is -0.820. The third-order valence-corrected chi connectivity index (χ3v) is 3.73. The predicted octanol–water partition coefficient (Wildman–Crippen LogP) is 3.39. The van der Waals surface area contributed by atoms with Crippen LogP contribution in [0.3, 0.4) is 0 Å². The number of carbonyl (C=O) groups excluding carboxylic acids is 2. The Bertz CT molecular complexity index is 726. The van der Waals surface area contributed by atoms with Crippen LogP contribution in [0.5, 0.6) is 0 Å². The lowest BCUT2D eigenvalue weighted by atomic mass is 10.2. The molecule has 122 valence electrons. The van der Waals surface area contributed by atoms with Gasteiger partial charge in [-0.05, 0) is 32.9 Å². The Balaban J connectivity index is 2.24. The number of esters is 1. The van der Waals surface area contributed by atoms with Crippen molar-refractivity contribution in [1.82, 2.24) is 4.98 Å². The van der Waals surface area contributed by atoms with Gasteiger partial charge in [0.1, 0.15) is 16.3 Å². The van der Waals surface area contributed by atoms with E-state index in [-0.39, 0.29) is 12.1 Å². The van der Waals surface area contributed by atoms with Gasteiger partial charge in [0.2, 0.25) is 0 Å². The highest BCUT2D eigenvalue weighted by Gasteiger charge is 2.21. The van der Waals surface area contributed by atoms with Crippen LogP contribution in [0.2, 0.25) is 0 Å². The van der Waals surface area contributed by atoms with E-state index < -0.39 is 17.7 Å². The molecule has 2 aromatic rings. The molecule has 0 radical (unpaired) electrons. The zero-order valence-corrected chi connectivity index (χ0v) is 14.3. The van der Waals surface area contributed by atoms with Crippen molar-refractivity contribution in [3.8, 4) is 0 Å². The van der Waals surface area contributed by atoms with E-state index in [0.29, 0.717) is 5.01 Å². The molecule has 0 unspecified atom stereocenters. The molecule has 0 N–H and O–H groups in total. The van der Waals surface area contributed by atoms with Gasteiger partial charge in [-0.3, -0.25) is 0 Å². The Morgan fingerprint density at radius 2 is 1.96 bits per heavy atom. The average Bonchev–Trinajstić information content (AvgIpc) is 2.86. The van der Waals surface area contributed by atoms with Crippen molar-refractivity contribution in [2.75, 3.05) is 7.11 Å². The zero-order chi connectivity index (χ0) is 17.0. The highest BCUT2D eigenvalue weighted by Crippen LogP contribution is 2.22. The number of fused-ring (bicyclic) bond motifs is 1. The summed E-state index contributed by atoms with van der Waals surface area (Å²) < 4.78 is 10.8. The number of amides is 1. The summed E-state index contributed by atoms with van der Waals surface area (Å²) in [5, 5.41) is 0.680. The van der Waals surface area contributed by atoms with Crippen LogP contribution < -0.4 is 0 Å². The van der Waals surface area contributed by atoms with Crippen LogP contribution >= 0.6 is 11.3 Å². The van der Waals surface area contributed by atoms with Crippen LogP contribution in [0.1, 0.15) is 25.8 Å². The van der Waals surface area contributed by atoms with Crippen LogP contribution in [0, 0.1) is 0 Å². The van der Waals surface area contributed by atoms with Gasteiger partial charge in [0.05, 0.1) is 17.3 Å². The Labute approximate surface area is 138 Å². The smallest absolute Gasteiger partial charge is 0.434 e. The number of carbonyl (C=O) groups is 2. The number of rotatable bonds is 3. The van der Waals surface area contributed by atoms with Gasteiger partial charge in [0, 0.05) is 6.42 Å². The zero-order valence-electron chi connectivity index (χ0n) is 13.5. The van der Waals surface area contributed by atoms with Gasteiger partial charge in [-0.15, -0.1) is 11.3 Å². The minimum absolute atomic E-state index is 0.0270. The fourth-order valence-electron chi connectivity index (χ4n) is 1.81. The maximum atomic E-state index is 11.8. The molecule has 0 saturated heterocycles. The Kier molecular flexibility index (Phi) is 5.10. The summed E-state index contributed by atoms with van der Waals surface area (Å²) in [6.45, 7) is 5.18. The third kappa shape index (κ3) is 4.85. The van der Waals surface area contributed by atoms with Crippen molar-refractivity contribution in [2.45, 2.75) is 32.8 Å². The molecule has 6 nitrogen and oxygen atoms in total. The summed E-state index contributed by atoms with van der Waals surface area (Å²) in [6.07, 6.45) is -0.704. The van der Waals surface area contributed by atoms with Crippen LogP contribution in [0.25, 0.3) is 10.2 Å². The molecule has 0 aliphatic carbocycles. The SMILES string of the molecule is COC(=O)C(Cc1nc2ccccc2s1)=NC(=O)OC(C)(C)C. The molecule has 2 rings (SSSR count). The molecule has 0 aliphatic rings. The minimum Gasteiger partial charge on any atom is -0.465 e. The highest BCUT2D eigenvalue weighted by molar-refractivity contribution is 7.18. The van der Waals surface area contributed by atoms with Crippen LogP contribution in [0.4, 0.5) is 4.79 Å². The number of thiazole rings is 1. The molecular formula is C16H18N2O4S. The van der Waals surface area contributed by atoms with E-state index >= 15 is 0 Å². The molecule has 0 fully saturated rings. The molecule has 1 amide bonds. The Morgan fingerprint density at radius 1 is 1.26 bits per heavy atom. The Morgan fingerprint density at radius 3 is 2.57 bits per heavy atom. The van der Waals surface area contributed by atoms with E-state index in [9.17, 15) is 9.59 Å². The number of aromatic nitrogens is 1. The monoisotopic (exact) mass is 334 g/mol. The standard InChI is InChI=1S/C16H18N2O4S/c1-16(2,3)22-15(20)18-11(14(19)21-4)9-13-17-10-7-5-6-8-12(10)23-13/h5-8H,9H2,1-4H3. The van der Waals surface area contributed by atoms with E-state index in [0.717, 1.165) is 10.2 Å². The first-order valence-corrected chi connectivity index (χ1v) is 7.83. The molecule has 0 bridgehead atoms. The molecule has 0 atom stereocenters. The second-order valence-corrected chi connectivity index (χ2v) is 6.90. The normalized spacial score (nSPS) is 12.3. The van der Waals surface area contributed by atoms with E-state index in [2.05, 4.69) is 14.7 Å². The summed E-state index contributed by atoms with van der Waals surface area (Å²) in [4.78, 5) is 31.8. The van der Waals surface area contributed by atoms with Crippen molar-refractivity contribution >= 4 is 39.3 Å². The van der Waals surface area contributed by atoms with Crippen molar-refractivity contribution in [3.05, 3.63) is 29.3 Å². The first-order chi connectivity index (χ1) is 10.8. The van der Waals surface area contributed by atoms with E-state index in [1.54, 1.807) is 20.8 Å². The summed E-state index contributed by atoms with van der Waals surface area (Å²) in [7, 11) is 1.24. The van der Waals surface area contributed by atoms with Gasteiger partial charge in [-0.25, -0.2) is 14.6 Å².